The van der Waals surface area contributed by atoms with Gasteiger partial charge in [0.1, 0.15) is 11.2 Å². The van der Waals surface area contributed by atoms with Crippen molar-refractivity contribution >= 4 is 21.9 Å². The summed E-state index contributed by atoms with van der Waals surface area (Å²) in [6, 6.07) is 73.5. The van der Waals surface area contributed by atoms with Gasteiger partial charge in [0.2, 0.25) is 0 Å². The highest BCUT2D eigenvalue weighted by atomic mass is 16.6. The Balaban J connectivity index is 0.890. The number of rotatable bonds is 6. The molecule has 0 amide bonds. The fraction of sp³-hybridized carbons (Fsp3) is 0.0172. The van der Waals surface area contributed by atoms with Crippen LogP contribution in [0.3, 0.4) is 0 Å². The lowest BCUT2D eigenvalue weighted by Gasteiger charge is -2.34. The molecule has 0 unspecified atom stereocenters. The molecule has 11 aromatic rings. The predicted octanol–water partition coefficient (Wildman–Crippen LogP) is 14.7. The molecule has 300 valence electrons. The minimum atomic E-state index is -0.607. The Labute approximate surface area is 368 Å². The number of hydrogen-bond donors (Lipinski definition) is 0. The fourth-order valence-corrected chi connectivity index (χ4v) is 9.73. The highest BCUT2D eigenvalue weighted by molar-refractivity contribution is 6.07. The smallest absolute Gasteiger partial charge is 0.170 e. The fourth-order valence-electron chi connectivity index (χ4n) is 9.73. The standard InChI is InChI=1S/C58H35N3O3/c1-3-13-37(14-4-1)55-59-56(38-15-5-2-6-16-38)61-57(60-55)40-26-31-46-45-30-25-39(33-52(45)64-53(46)34-40)36-23-27-41(28-24-36)58(47-19-9-7-17-43(47)44-18-8-10-20-48(44)58)42-29-32-51-54(35-42)63-50-22-12-11-21-49(50)62-51/h1-35H. The Hall–Kier alpha value is -8.61. The summed E-state index contributed by atoms with van der Waals surface area (Å²) in [5.41, 5.74) is 13.0. The second-order valence-electron chi connectivity index (χ2n) is 16.3. The van der Waals surface area contributed by atoms with Gasteiger partial charge in [0, 0.05) is 27.5 Å². The first kappa shape index (κ1) is 36.1. The molecule has 0 bridgehead atoms. The van der Waals surface area contributed by atoms with Crippen LogP contribution in [0.25, 0.3) is 78.4 Å². The van der Waals surface area contributed by atoms with Gasteiger partial charge in [-0.3, -0.25) is 0 Å². The monoisotopic (exact) mass is 821 g/mol. The molecule has 0 saturated heterocycles. The average molecular weight is 822 g/mol. The molecular weight excluding hydrogens is 787 g/mol. The third-order valence-electron chi connectivity index (χ3n) is 12.7. The maximum Gasteiger partial charge on any atom is 0.170 e. The Morgan fingerprint density at radius 2 is 0.766 bits per heavy atom. The number of hydrogen-bond acceptors (Lipinski definition) is 6. The molecule has 1 aliphatic carbocycles. The summed E-state index contributed by atoms with van der Waals surface area (Å²) in [6.07, 6.45) is 0. The Bertz CT molecular complexity index is 3520. The van der Waals surface area contributed by atoms with Gasteiger partial charge in [-0.15, -0.1) is 0 Å². The van der Waals surface area contributed by atoms with Crippen LogP contribution in [0.1, 0.15) is 22.3 Å². The van der Waals surface area contributed by atoms with Crippen molar-refractivity contribution in [3.05, 3.63) is 235 Å². The van der Waals surface area contributed by atoms with Crippen molar-refractivity contribution in [2.45, 2.75) is 5.41 Å². The number of aromatic nitrogens is 3. The topological polar surface area (TPSA) is 70.3 Å². The first-order valence-corrected chi connectivity index (χ1v) is 21.4. The predicted molar refractivity (Wildman–Crippen MR) is 253 cm³/mol. The zero-order chi connectivity index (χ0) is 42.2. The molecule has 0 N–H and O–H groups in total. The quantitative estimate of drug-likeness (QED) is 0.166. The van der Waals surface area contributed by atoms with Crippen molar-refractivity contribution < 1.29 is 13.9 Å². The van der Waals surface area contributed by atoms with E-state index in [0.717, 1.165) is 60.9 Å². The second kappa shape index (κ2) is 14.2. The normalized spacial score (nSPS) is 13.1. The van der Waals surface area contributed by atoms with E-state index in [1.165, 1.54) is 22.3 Å². The molecule has 0 fully saturated rings. The molecule has 13 rings (SSSR count). The van der Waals surface area contributed by atoms with Gasteiger partial charge in [0.05, 0.1) is 5.41 Å². The van der Waals surface area contributed by atoms with Crippen LogP contribution in [0, 0.1) is 0 Å². The molecule has 0 radical (unpaired) electrons. The first-order valence-electron chi connectivity index (χ1n) is 21.4. The zero-order valence-electron chi connectivity index (χ0n) is 34.3. The Kier molecular flexibility index (Phi) is 8.02. The molecule has 3 heterocycles. The minimum Gasteiger partial charge on any atom is -0.456 e. The summed E-state index contributed by atoms with van der Waals surface area (Å²) in [4.78, 5) is 14.8. The molecule has 2 aromatic heterocycles. The maximum atomic E-state index is 6.64. The van der Waals surface area contributed by atoms with Crippen LogP contribution < -0.4 is 9.47 Å². The summed E-state index contributed by atoms with van der Waals surface area (Å²) >= 11 is 0. The van der Waals surface area contributed by atoms with E-state index >= 15 is 0 Å². The lowest BCUT2D eigenvalue weighted by molar-refractivity contribution is 0.359. The van der Waals surface area contributed by atoms with E-state index in [-0.39, 0.29) is 0 Å². The number of para-hydroxylation sites is 2. The highest BCUT2D eigenvalue weighted by Crippen LogP contribution is 2.58. The van der Waals surface area contributed by atoms with Gasteiger partial charge < -0.3 is 13.9 Å². The lowest BCUT2D eigenvalue weighted by Crippen LogP contribution is -2.28. The third-order valence-corrected chi connectivity index (χ3v) is 12.7. The van der Waals surface area contributed by atoms with Crippen LogP contribution >= 0.6 is 0 Å². The van der Waals surface area contributed by atoms with E-state index in [1.807, 2.05) is 97.1 Å². The third kappa shape index (κ3) is 5.63. The van der Waals surface area contributed by atoms with E-state index in [4.69, 9.17) is 28.8 Å². The molecule has 0 spiro atoms. The van der Waals surface area contributed by atoms with E-state index in [1.54, 1.807) is 0 Å². The number of nitrogens with zero attached hydrogens (tertiary/aromatic N) is 3. The van der Waals surface area contributed by atoms with E-state index in [2.05, 4.69) is 115 Å². The van der Waals surface area contributed by atoms with E-state index < -0.39 is 5.41 Å². The van der Waals surface area contributed by atoms with Crippen LogP contribution in [-0.2, 0) is 5.41 Å². The van der Waals surface area contributed by atoms with Gasteiger partial charge in [-0.25, -0.2) is 15.0 Å². The van der Waals surface area contributed by atoms with Crippen molar-refractivity contribution in [1.29, 1.82) is 0 Å². The molecule has 6 nitrogen and oxygen atoms in total. The van der Waals surface area contributed by atoms with Crippen LogP contribution in [0.5, 0.6) is 23.0 Å². The average Bonchev–Trinajstić information content (AvgIpc) is 3.89. The maximum absolute atomic E-state index is 6.64. The van der Waals surface area contributed by atoms with Crippen molar-refractivity contribution in [3.8, 4) is 79.4 Å². The molecule has 0 saturated carbocycles. The van der Waals surface area contributed by atoms with Crippen molar-refractivity contribution in [2.75, 3.05) is 0 Å². The van der Waals surface area contributed by atoms with Gasteiger partial charge in [-0.2, -0.15) is 0 Å². The summed E-state index contributed by atoms with van der Waals surface area (Å²) in [5, 5.41) is 2.08. The van der Waals surface area contributed by atoms with Crippen LogP contribution in [-0.4, -0.2) is 15.0 Å². The number of furan rings is 1. The Morgan fingerprint density at radius 3 is 1.38 bits per heavy atom. The van der Waals surface area contributed by atoms with Crippen molar-refractivity contribution in [3.63, 3.8) is 0 Å². The summed E-state index contributed by atoms with van der Waals surface area (Å²) in [5.74, 6) is 4.64. The highest BCUT2D eigenvalue weighted by Gasteiger charge is 2.46. The molecule has 9 aromatic carbocycles. The molecule has 2 aliphatic rings. The summed E-state index contributed by atoms with van der Waals surface area (Å²) in [6.45, 7) is 0. The number of ether oxygens (including phenoxy) is 2. The number of benzene rings is 9. The van der Waals surface area contributed by atoms with Gasteiger partial charge in [-0.05, 0) is 93.0 Å². The molecule has 0 atom stereocenters. The lowest BCUT2D eigenvalue weighted by atomic mass is 9.67. The van der Waals surface area contributed by atoms with Gasteiger partial charge in [0.25, 0.3) is 0 Å². The second-order valence-corrected chi connectivity index (χ2v) is 16.3. The van der Waals surface area contributed by atoms with E-state index in [9.17, 15) is 0 Å². The van der Waals surface area contributed by atoms with Crippen LogP contribution in [0.4, 0.5) is 0 Å². The molecular formula is C58H35N3O3. The molecule has 6 heteroatoms. The first-order chi connectivity index (χ1) is 31.7. The van der Waals surface area contributed by atoms with Crippen molar-refractivity contribution in [2.24, 2.45) is 0 Å². The summed E-state index contributed by atoms with van der Waals surface area (Å²) < 4.78 is 19.4. The van der Waals surface area contributed by atoms with Crippen LogP contribution in [0.2, 0.25) is 0 Å². The SMILES string of the molecule is c1ccc(-c2nc(-c3ccccc3)nc(-c3ccc4c(c3)oc3cc(-c5ccc(C6(c7ccc8c(c7)Oc7ccccc7O8)c7ccccc7-c7ccccc76)cc5)ccc34)n2)cc1. The molecule has 1 aliphatic heterocycles. The van der Waals surface area contributed by atoms with Crippen LogP contribution in [0.15, 0.2) is 217 Å². The molecule has 64 heavy (non-hydrogen) atoms. The Morgan fingerprint density at radius 1 is 0.312 bits per heavy atom. The zero-order valence-corrected chi connectivity index (χ0v) is 34.3. The van der Waals surface area contributed by atoms with Gasteiger partial charge >= 0.3 is 0 Å². The minimum absolute atomic E-state index is 0.586. The largest absolute Gasteiger partial charge is 0.456 e. The summed E-state index contributed by atoms with van der Waals surface area (Å²) in [7, 11) is 0. The van der Waals surface area contributed by atoms with Gasteiger partial charge in [-0.1, -0.05) is 164 Å². The number of fused-ring (bicyclic) bond motifs is 8. The van der Waals surface area contributed by atoms with E-state index in [0.29, 0.717) is 40.5 Å². The van der Waals surface area contributed by atoms with Gasteiger partial charge in [0.15, 0.2) is 40.5 Å². The van der Waals surface area contributed by atoms with Crippen molar-refractivity contribution in [1.82, 2.24) is 15.0 Å².